The van der Waals surface area contributed by atoms with Gasteiger partial charge in [0, 0.05) is 29.0 Å². The third-order valence-corrected chi connectivity index (χ3v) is 5.21. The number of carbonyl (C=O) groups is 1. The number of aryl methyl sites for hydroxylation is 1. The van der Waals surface area contributed by atoms with E-state index in [4.69, 9.17) is 0 Å². The minimum atomic E-state index is -0.384. The van der Waals surface area contributed by atoms with Crippen molar-refractivity contribution in [3.8, 4) is 16.8 Å². The van der Waals surface area contributed by atoms with Crippen molar-refractivity contribution in [1.29, 1.82) is 0 Å². The van der Waals surface area contributed by atoms with Crippen LogP contribution in [0.3, 0.4) is 0 Å². The minimum absolute atomic E-state index is 0.256. The molecule has 5 heteroatoms. The molecule has 0 fully saturated rings. The number of anilines is 1. The Morgan fingerprint density at radius 3 is 2.56 bits per heavy atom. The summed E-state index contributed by atoms with van der Waals surface area (Å²) in [7, 11) is 0. The van der Waals surface area contributed by atoms with Crippen LogP contribution in [0.4, 0.5) is 10.1 Å². The monoisotopic (exact) mass is 376 g/mol. The molecule has 134 valence electrons. The van der Waals surface area contributed by atoms with Crippen LogP contribution < -0.4 is 5.32 Å². The molecule has 1 amide bonds. The van der Waals surface area contributed by atoms with Gasteiger partial charge >= 0.3 is 0 Å². The molecule has 2 aromatic heterocycles. The summed E-state index contributed by atoms with van der Waals surface area (Å²) in [5.74, 6) is -0.640. The Balaban J connectivity index is 1.78. The second-order valence-corrected chi connectivity index (χ2v) is 7.13. The average molecular weight is 376 g/mol. The molecule has 0 saturated heterocycles. The molecule has 3 nitrogen and oxygen atoms in total. The molecule has 0 atom stereocenters. The third kappa shape index (κ3) is 3.55. The fourth-order valence-corrected chi connectivity index (χ4v) is 3.99. The molecular weight excluding hydrogens is 359 g/mol. The Morgan fingerprint density at radius 1 is 1.04 bits per heavy atom. The van der Waals surface area contributed by atoms with Gasteiger partial charge in [0.05, 0.1) is 5.69 Å². The molecule has 4 aromatic rings. The van der Waals surface area contributed by atoms with Gasteiger partial charge in [-0.3, -0.25) is 4.79 Å². The van der Waals surface area contributed by atoms with E-state index in [-0.39, 0.29) is 11.7 Å². The molecular formula is C22H17FN2OS. The number of carbonyl (C=O) groups excluding carboxylic acids is 1. The summed E-state index contributed by atoms with van der Waals surface area (Å²) in [5.41, 5.74) is 4.46. The smallest absolute Gasteiger partial charge is 0.267 e. The minimum Gasteiger partial charge on any atom is -0.322 e. The van der Waals surface area contributed by atoms with Gasteiger partial charge < -0.3 is 9.88 Å². The van der Waals surface area contributed by atoms with Gasteiger partial charge in [0.2, 0.25) is 0 Å². The van der Waals surface area contributed by atoms with Gasteiger partial charge in [0.25, 0.3) is 5.91 Å². The molecule has 0 saturated carbocycles. The van der Waals surface area contributed by atoms with Crippen LogP contribution in [-0.4, -0.2) is 10.5 Å². The first-order valence-electron chi connectivity index (χ1n) is 8.50. The van der Waals surface area contributed by atoms with E-state index in [0.29, 0.717) is 10.6 Å². The van der Waals surface area contributed by atoms with Crippen molar-refractivity contribution >= 4 is 22.9 Å². The van der Waals surface area contributed by atoms with Crippen LogP contribution in [0, 0.1) is 12.7 Å². The molecule has 0 aliphatic carbocycles. The highest BCUT2D eigenvalue weighted by Crippen LogP contribution is 2.35. The molecule has 2 aromatic carbocycles. The van der Waals surface area contributed by atoms with Crippen LogP contribution in [0.1, 0.15) is 15.2 Å². The van der Waals surface area contributed by atoms with E-state index in [1.54, 1.807) is 12.1 Å². The van der Waals surface area contributed by atoms with Gasteiger partial charge in [-0.15, -0.1) is 11.3 Å². The van der Waals surface area contributed by atoms with Gasteiger partial charge in [-0.1, -0.05) is 35.9 Å². The summed E-state index contributed by atoms with van der Waals surface area (Å²) < 4.78 is 15.4. The van der Waals surface area contributed by atoms with Gasteiger partial charge in [-0.2, -0.15) is 0 Å². The van der Waals surface area contributed by atoms with Crippen LogP contribution in [0.15, 0.2) is 78.4 Å². The van der Waals surface area contributed by atoms with Crippen LogP contribution in [0.5, 0.6) is 0 Å². The summed E-state index contributed by atoms with van der Waals surface area (Å²) >= 11 is 1.38. The van der Waals surface area contributed by atoms with E-state index in [0.717, 1.165) is 22.4 Å². The van der Waals surface area contributed by atoms with Crippen LogP contribution in [0.2, 0.25) is 0 Å². The highest BCUT2D eigenvalue weighted by molar-refractivity contribution is 7.13. The molecule has 4 rings (SSSR count). The maximum atomic E-state index is 13.4. The molecule has 2 heterocycles. The zero-order valence-electron chi connectivity index (χ0n) is 14.6. The number of nitrogens with one attached hydrogen (secondary N) is 1. The Bertz CT molecular complexity index is 1100. The highest BCUT2D eigenvalue weighted by atomic mass is 32.1. The van der Waals surface area contributed by atoms with Crippen molar-refractivity contribution in [2.45, 2.75) is 6.92 Å². The molecule has 0 spiro atoms. The maximum Gasteiger partial charge on any atom is 0.267 e. The lowest BCUT2D eigenvalue weighted by atomic mass is 10.0. The number of hydrogen-bond acceptors (Lipinski definition) is 2. The van der Waals surface area contributed by atoms with Crippen molar-refractivity contribution in [3.05, 3.63) is 94.7 Å². The molecule has 0 aliphatic heterocycles. The van der Waals surface area contributed by atoms with E-state index >= 15 is 0 Å². The fourth-order valence-electron chi connectivity index (χ4n) is 3.02. The second kappa shape index (κ2) is 7.21. The van der Waals surface area contributed by atoms with Crippen molar-refractivity contribution in [3.63, 3.8) is 0 Å². The molecule has 0 unspecified atom stereocenters. The lowest BCUT2D eigenvalue weighted by Gasteiger charge is -2.10. The quantitative estimate of drug-likeness (QED) is 0.472. The topological polar surface area (TPSA) is 34.0 Å². The number of thiophene rings is 1. The largest absolute Gasteiger partial charge is 0.322 e. The summed E-state index contributed by atoms with van der Waals surface area (Å²) in [6.45, 7) is 2.04. The number of halogens is 1. The van der Waals surface area contributed by atoms with E-state index in [1.165, 1.54) is 23.5 Å². The Kier molecular flexibility index (Phi) is 4.60. The standard InChI is InChI=1S/C22H17FN2OS/c1-15-6-4-7-16(12-15)19-14-27-21(20(19)25-10-2-3-11-25)22(26)24-18-9-5-8-17(23)13-18/h2-14H,1H3,(H,24,26). The molecule has 1 N–H and O–H groups in total. The van der Waals surface area contributed by atoms with Gasteiger partial charge in [0.1, 0.15) is 10.7 Å². The summed E-state index contributed by atoms with van der Waals surface area (Å²) in [6.07, 6.45) is 3.83. The number of amides is 1. The second-order valence-electron chi connectivity index (χ2n) is 6.25. The predicted octanol–water partition coefficient (Wildman–Crippen LogP) is 5.91. The molecule has 0 radical (unpaired) electrons. The van der Waals surface area contributed by atoms with E-state index in [2.05, 4.69) is 11.4 Å². The van der Waals surface area contributed by atoms with E-state index in [9.17, 15) is 9.18 Å². The number of rotatable bonds is 4. The number of nitrogens with zero attached hydrogens (tertiary/aromatic N) is 1. The maximum absolute atomic E-state index is 13.4. The number of hydrogen-bond donors (Lipinski definition) is 1. The Hall–Kier alpha value is -3.18. The predicted molar refractivity (Wildman–Crippen MR) is 108 cm³/mol. The van der Waals surface area contributed by atoms with E-state index < -0.39 is 0 Å². The van der Waals surface area contributed by atoms with Gasteiger partial charge in [0.15, 0.2) is 0 Å². The average Bonchev–Trinajstić information content (AvgIpc) is 3.31. The number of aromatic nitrogens is 1. The highest BCUT2D eigenvalue weighted by Gasteiger charge is 2.20. The van der Waals surface area contributed by atoms with Crippen molar-refractivity contribution in [2.75, 3.05) is 5.32 Å². The van der Waals surface area contributed by atoms with Crippen LogP contribution in [-0.2, 0) is 0 Å². The van der Waals surface area contributed by atoms with Crippen molar-refractivity contribution in [1.82, 2.24) is 4.57 Å². The van der Waals surface area contributed by atoms with E-state index in [1.807, 2.05) is 59.6 Å². The van der Waals surface area contributed by atoms with Crippen LogP contribution in [0.25, 0.3) is 16.8 Å². The van der Waals surface area contributed by atoms with Crippen molar-refractivity contribution in [2.24, 2.45) is 0 Å². The summed E-state index contributed by atoms with van der Waals surface area (Å²) in [5, 5.41) is 4.79. The zero-order valence-corrected chi connectivity index (χ0v) is 15.5. The van der Waals surface area contributed by atoms with Crippen molar-refractivity contribution < 1.29 is 9.18 Å². The SMILES string of the molecule is Cc1cccc(-c2csc(C(=O)Nc3cccc(F)c3)c2-n2cccc2)c1. The first kappa shape index (κ1) is 17.2. The van der Waals surface area contributed by atoms with Gasteiger partial charge in [-0.25, -0.2) is 4.39 Å². The van der Waals surface area contributed by atoms with Crippen LogP contribution >= 0.6 is 11.3 Å². The first-order chi connectivity index (χ1) is 13.1. The summed E-state index contributed by atoms with van der Waals surface area (Å²) in [4.78, 5) is 13.5. The molecule has 27 heavy (non-hydrogen) atoms. The Labute approximate surface area is 160 Å². The third-order valence-electron chi connectivity index (χ3n) is 4.25. The number of benzene rings is 2. The molecule has 0 bridgehead atoms. The van der Waals surface area contributed by atoms with Gasteiger partial charge in [-0.05, 0) is 42.8 Å². The zero-order chi connectivity index (χ0) is 18.8. The first-order valence-corrected chi connectivity index (χ1v) is 9.38. The normalized spacial score (nSPS) is 10.7. The lowest BCUT2D eigenvalue weighted by molar-refractivity contribution is 0.103. The molecule has 0 aliphatic rings. The Morgan fingerprint density at radius 2 is 1.81 bits per heavy atom. The summed E-state index contributed by atoms with van der Waals surface area (Å²) in [6, 6.07) is 17.9. The fraction of sp³-hybridized carbons (Fsp3) is 0.0455. The lowest BCUT2D eigenvalue weighted by Crippen LogP contribution is -2.13.